The Bertz CT molecular complexity index is 237. The van der Waals surface area contributed by atoms with Gasteiger partial charge < -0.3 is 9.84 Å². The summed E-state index contributed by atoms with van der Waals surface area (Å²) in [5.74, 6) is -0.345. The van der Waals surface area contributed by atoms with E-state index in [2.05, 4.69) is 0 Å². The van der Waals surface area contributed by atoms with Crippen molar-refractivity contribution in [3.05, 3.63) is 11.3 Å². The average Bonchev–Trinajstić information content (AvgIpc) is 2.06. The van der Waals surface area contributed by atoms with Crippen LogP contribution in [0.15, 0.2) is 11.3 Å². The molecule has 0 aliphatic carbocycles. The van der Waals surface area contributed by atoms with Crippen LogP contribution < -0.4 is 0 Å². The quantitative estimate of drug-likeness (QED) is 0.375. The van der Waals surface area contributed by atoms with Crippen molar-refractivity contribution in [1.29, 1.82) is 5.26 Å². The van der Waals surface area contributed by atoms with Gasteiger partial charge in [-0.3, -0.25) is 4.79 Å². The third kappa shape index (κ3) is 2.72. The predicted octanol–water partition coefficient (Wildman–Crippen LogP) is 0.382. The molecule has 4 nitrogen and oxygen atoms in total. The van der Waals surface area contributed by atoms with E-state index in [1.807, 2.05) is 0 Å². The molecule has 0 bridgehead atoms. The number of nitriles is 1. The SMILES string of the molecule is CCO/C(C)=C(\C#N)C(=O)CO. The Labute approximate surface area is 71.1 Å². The first kappa shape index (κ1) is 10.7. The highest BCUT2D eigenvalue weighted by Crippen LogP contribution is 2.05. The third-order valence-electron chi connectivity index (χ3n) is 1.25. The number of rotatable bonds is 4. The lowest BCUT2D eigenvalue weighted by Gasteiger charge is -2.03. The molecule has 0 saturated carbocycles. The fourth-order valence-electron chi connectivity index (χ4n) is 0.705. The van der Waals surface area contributed by atoms with Gasteiger partial charge in [-0.2, -0.15) is 5.26 Å². The van der Waals surface area contributed by atoms with E-state index in [1.165, 1.54) is 6.92 Å². The minimum Gasteiger partial charge on any atom is -0.497 e. The monoisotopic (exact) mass is 169 g/mol. The summed E-state index contributed by atoms with van der Waals surface area (Å²) in [5, 5.41) is 17.0. The van der Waals surface area contributed by atoms with E-state index in [0.29, 0.717) is 6.61 Å². The summed E-state index contributed by atoms with van der Waals surface area (Å²) in [6.45, 7) is 3.01. The Morgan fingerprint density at radius 2 is 2.25 bits per heavy atom. The standard InChI is InChI=1S/C8H11NO3/c1-3-12-6(2)7(4-9)8(11)5-10/h10H,3,5H2,1-2H3/b7-6+. The van der Waals surface area contributed by atoms with Crippen molar-refractivity contribution in [3.63, 3.8) is 0 Å². The molecule has 1 N–H and O–H groups in total. The zero-order valence-corrected chi connectivity index (χ0v) is 7.13. The van der Waals surface area contributed by atoms with E-state index in [9.17, 15) is 4.79 Å². The molecular weight excluding hydrogens is 158 g/mol. The van der Waals surface area contributed by atoms with E-state index in [0.717, 1.165) is 0 Å². The number of hydrogen-bond acceptors (Lipinski definition) is 4. The highest BCUT2D eigenvalue weighted by Gasteiger charge is 2.11. The molecule has 0 amide bonds. The maximum atomic E-state index is 10.8. The van der Waals surface area contributed by atoms with Crippen LogP contribution in [0.1, 0.15) is 13.8 Å². The molecule has 0 spiro atoms. The zero-order valence-electron chi connectivity index (χ0n) is 7.13. The topological polar surface area (TPSA) is 70.3 Å². The summed E-state index contributed by atoms with van der Waals surface area (Å²) < 4.78 is 4.94. The van der Waals surface area contributed by atoms with Gasteiger partial charge in [0.15, 0.2) is 0 Å². The molecule has 66 valence electrons. The lowest BCUT2D eigenvalue weighted by atomic mass is 10.2. The van der Waals surface area contributed by atoms with Gasteiger partial charge in [-0.25, -0.2) is 0 Å². The molecule has 0 aliphatic rings. The van der Waals surface area contributed by atoms with Crippen molar-refractivity contribution in [3.8, 4) is 6.07 Å². The summed E-state index contributed by atoms with van der Waals surface area (Å²) in [4.78, 5) is 10.8. The number of nitrogens with zero attached hydrogens (tertiary/aromatic N) is 1. The molecule has 0 aromatic carbocycles. The van der Waals surface area contributed by atoms with Crippen LogP contribution in [-0.4, -0.2) is 24.1 Å². The van der Waals surface area contributed by atoms with E-state index < -0.39 is 12.4 Å². The number of Topliss-reactive ketones (excluding diaryl/α,β-unsaturated/α-hetero) is 1. The number of ether oxygens (including phenoxy) is 1. The minimum absolute atomic E-state index is 0.112. The number of aliphatic hydroxyl groups is 1. The van der Waals surface area contributed by atoms with Crippen LogP contribution in [-0.2, 0) is 9.53 Å². The third-order valence-corrected chi connectivity index (χ3v) is 1.25. The summed E-state index contributed by atoms with van der Waals surface area (Å²) in [5.41, 5.74) is -0.112. The summed E-state index contributed by atoms with van der Waals surface area (Å²) in [6, 6.07) is 1.68. The van der Waals surface area contributed by atoms with E-state index in [1.54, 1.807) is 13.0 Å². The van der Waals surface area contributed by atoms with Gasteiger partial charge in [-0.05, 0) is 13.8 Å². The van der Waals surface area contributed by atoms with Crippen molar-refractivity contribution in [2.24, 2.45) is 0 Å². The predicted molar refractivity (Wildman–Crippen MR) is 42.0 cm³/mol. The normalized spacial score (nSPS) is 11.5. The average molecular weight is 169 g/mol. The van der Waals surface area contributed by atoms with E-state index in [-0.39, 0.29) is 11.3 Å². The minimum atomic E-state index is -0.659. The second kappa shape index (κ2) is 5.33. The zero-order chi connectivity index (χ0) is 9.56. The summed E-state index contributed by atoms with van der Waals surface area (Å²) >= 11 is 0. The molecule has 0 fully saturated rings. The van der Waals surface area contributed by atoms with Crippen LogP contribution >= 0.6 is 0 Å². The number of ketones is 1. The van der Waals surface area contributed by atoms with Crippen LogP contribution in [0, 0.1) is 11.3 Å². The highest BCUT2D eigenvalue weighted by molar-refractivity contribution is 6.00. The second-order valence-electron chi connectivity index (χ2n) is 2.06. The summed E-state index contributed by atoms with van der Waals surface area (Å²) in [6.07, 6.45) is 0. The molecular formula is C8H11NO3. The lowest BCUT2D eigenvalue weighted by Crippen LogP contribution is -2.09. The van der Waals surface area contributed by atoms with Crippen molar-refractivity contribution in [2.75, 3.05) is 13.2 Å². The van der Waals surface area contributed by atoms with Crippen molar-refractivity contribution in [2.45, 2.75) is 13.8 Å². The molecule has 0 atom stereocenters. The fraction of sp³-hybridized carbons (Fsp3) is 0.500. The number of aliphatic hydroxyl groups excluding tert-OH is 1. The van der Waals surface area contributed by atoms with E-state index in [4.69, 9.17) is 15.1 Å². The van der Waals surface area contributed by atoms with Crippen molar-refractivity contribution >= 4 is 5.78 Å². The van der Waals surface area contributed by atoms with Crippen molar-refractivity contribution < 1.29 is 14.6 Å². The Hall–Kier alpha value is -1.34. The van der Waals surface area contributed by atoms with E-state index >= 15 is 0 Å². The molecule has 0 aromatic heterocycles. The first-order chi connectivity index (χ1) is 5.67. The Balaban J connectivity index is 4.64. The Kier molecular flexibility index (Phi) is 4.73. The number of allylic oxidation sites excluding steroid dienone is 1. The molecule has 0 heterocycles. The molecule has 0 saturated heterocycles. The maximum Gasteiger partial charge on any atom is 0.202 e. The highest BCUT2D eigenvalue weighted by atomic mass is 16.5. The van der Waals surface area contributed by atoms with Gasteiger partial charge in [-0.1, -0.05) is 0 Å². The largest absolute Gasteiger partial charge is 0.497 e. The van der Waals surface area contributed by atoms with Crippen molar-refractivity contribution in [1.82, 2.24) is 0 Å². The van der Waals surface area contributed by atoms with Gasteiger partial charge >= 0.3 is 0 Å². The molecule has 4 heteroatoms. The molecule has 12 heavy (non-hydrogen) atoms. The van der Waals surface area contributed by atoms with Crippen LogP contribution in [0.3, 0.4) is 0 Å². The molecule has 0 unspecified atom stereocenters. The van der Waals surface area contributed by atoms with Gasteiger partial charge in [0, 0.05) is 0 Å². The van der Waals surface area contributed by atoms with Gasteiger partial charge in [0.25, 0.3) is 0 Å². The van der Waals surface area contributed by atoms with Crippen LogP contribution in [0.5, 0.6) is 0 Å². The second-order valence-corrected chi connectivity index (χ2v) is 2.06. The van der Waals surface area contributed by atoms with Gasteiger partial charge in [0.05, 0.1) is 6.61 Å². The number of carbonyl (C=O) groups is 1. The smallest absolute Gasteiger partial charge is 0.202 e. The van der Waals surface area contributed by atoms with Gasteiger partial charge in [0.1, 0.15) is 24.0 Å². The number of carbonyl (C=O) groups excluding carboxylic acids is 1. The van der Waals surface area contributed by atoms with Gasteiger partial charge in [-0.15, -0.1) is 0 Å². The van der Waals surface area contributed by atoms with Crippen LogP contribution in [0.4, 0.5) is 0 Å². The Morgan fingerprint density at radius 1 is 1.67 bits per heavy atom. The lowest BCUT2D eigenvalue weighted by molar-refractivity contribution is -0.118. The Morgan fingerprint density at radius 3 is 2.58 bits per heavy atom. The van der Waals surface area contributed by atoms with Crippen LogP contribution in [0.2, 0.25) is 0 Å². The van der Waals surface area contributed by atoms with Crippen LogP contribution in [0.25, 0.3) is 0 Å². The summed E-state index contributed by atoms with van der Waals surface area (Å²) in [7, 11) is 0. The molecule has 0 rings (SSSR count). The maximum absolute atomic E-state index is 10.8. The first-order valence-corrected chi connectivity index (χ1v) is 3.55. The molecule has 0 aliphatic heterocycles. The fourth-order valence-corrected chi connectivity index (χ4v) is 0.705. The molecule has 0 radical (unpaired) electrons. The first-order valence-electron chi connectivity index (χ1n) is 3.55. The molecule has 0 aromatic rings. The van der Waals surface area contributed by atoms with Gasteiger partial charge in [0.2, 0.25) is 5.78 Å². The number of hydrogen-bond donors (Lipinski definition) is 1.